The minimum absolute atomic E-state index is 0.196. The first kappa shape index (κ1) is 15.0. The molecular weight excluding hydrogens is 322 g/mol. The van der Waals surface area contributed by atoms with Gasteiger partial charge in [0.15, 0.2) is 0 Å². The molecule has 1 heterocycles. The second-order valence-electron chi connectivity index (χ2n) is 4.55. The Morgan fingerprint density at radius 1 is 1.45 bits per heavy atom. The van der Waals surface area contributed by atoms with Crippen LogP contribution in [0.25, 0.3) is 11.4 Å². The maximum Gasteiger partial charge on any atom is 0.243 e. The van der Waals surface area contributed by atoms with Crippen LogP contribution in [-0.2, 0) is 0 Å². The van der Waals surface area contributed by atoms with E-state index in [9.17, 15) is 0 Å². The third-order valence-corrected chi connectivity index (χ3v) is 3.66. The van der Waals surface area contributed by atoms with Crippen molar-refractivity contribution < 1.29 is 9.26 Å². The normalized spacial score (nSPS) is 12.4. The number of halogens is 1. The van der Waals surface area contributed by atoms with Crippen molar-refractivity contribution in [3.8, 4) is 17.1 Å². The number of aromatic nitrogens is 2. The molecule has 0 aliphatic heterocycles. The average molecular weight is 340 g/mol. The predicted molar refractivity (Wildman–Crippen MR) is 80.4 cm³/mol. The van der Waals surface area contributed by atoms with E-state index in [0.29, 0.717) is 11.7 Å². The molecule has 6 heteroatoms. The van der Waals surface area contributed by atoms with E-state index < -0.39 is 0 Å². The van der Waals surface area contributed by atoms with Gasteiger partial charge in [-0.3, -0.25) is 0 Å². The zero-order valence-electron chi connectivity index (χ0n) is 11.6. The molecule has 0 aliphatic carbocycles. The molecule has 0 unspecified atom stereocenters. The highest BCUT2D eigenvalue weighted by Gasteiger charge is 2.15. The summed E-state index contributed by atoms with van der Waals surface area (Å²) < 4.78 is 11.3. The highest BCUT2D eigenvalue weighted by Crippen LogP contribution is 2.29. The topological polar surface area (TPSA) is 74.2 Å². The number of rotatable bonds is 6. The second-order valence-corrected chi connectivity index (χ2v) is 5.41. The van der Waals surface area contributed by atoms with Gasteiger partial charge < -0.3 is 15.0 Å². The third kappa shape index (κ3) is 3.37. The van der Waals surface area contributed by atoms with Gasteiger partial charge in [0.25, 0.3) is 0 Å². The van der Waals surface area contributed by atoms with Crippen LogP contribution in [0.1, 0.15) is 38.1 Å². The molecule has 1 aromatic carbocycles. The van der Waals surface area contributed by atoms with Crippen LogP contribution in [0, 0.1) is 0 Å². The maximum atomic E-state index is 6.02. The molecule has 0 aliphatic rings. The van der Waals surface area contributed by atoms with Gasteiger partial charge in [0.1, 0.15) is 5.75 Å². The summed E-state index contributed by atoms with van der Waals surface area (Å²) in [6, 6.07) is 5.44. The summed E-state index contributed by atoms with van der Waals surface area (Å²) in [6.45, 7) is 2.13. The molecule has 5 nitrogen and oxygen atoms in total. The number of nitrogens with two attached hydrogens (primary N) is 1. The molecule has 0 radical (unpaired) electrons. The largest absolute Gasteiger partial charge is 0.496 e. The average Bonchev–Trinajstić information content (AvgIpc) is 2.94. The van der Waals surface area contributed by atoms with Gasteiger partial charge in [0, 0.05) is 5.56 Å². The molecule has 108 valence electrons. The van der Waals surface area contributed by atoms with Crippen molar-refractivity contribution in [3.05, 3.63) is 28.6 Å². The quantitative estimate of drug-likeness (QED) is 0.868. The molecule has 2 rings (SSSR count). The first-order valence-electron chi connectivity index (χ1n) is 6.58. The van der Waals surface area contributed by atoms with Crippen molar-refractivity contribution in [2.24, 2.45) is 5.73 Å². The number of hydrogen-bond donors (Lipinski definition) is 1. The molecule has 20 heavy (non-hydrogen) atoms. The highest BCUT2D eigenvalue weighted by molar-refractivity contribution is 9.10. The van der Waals surface area contributed by atoms with Gasteiger partial charge in [-0.15, -0.1) is 0 Å². The summed E-state index contributed by atoms with van der Waals surface area (Å²) in [5, 5.41) is 3.98. The van der Waals surface area contributed by atoms with Crippen LogP contribution in [0.3, 0.4) is 0 Å². The SMILES string of the molecule is CCCC[C@H](N)c1nc(-c2ccc(OC)c(Br)c2)no1. The Kier molecular flexibility index (Phi) is 5.14. The van der Waals surface area contributed by atoms with Gasteiger partial charge in [-0.1, -0.05) is 24.9 Å². The van der Waals surface area contributed by atoms with E-state index in [4.69, 9.17) is 15.0 Å². The van der Waals surface area contributed by atoms with Crippen molar-refractivity contribution in [2.75, 3.05) is 7.11 Å². The molecule has 0 saturated carbocycles. The molecule has 0 bridgehead atoms. The van der Waals surface area contributed by atoms with E-state index in [-0.39, 0.29) is 6.04 Å². The molecule has 0 amide bonds. The van der Waals surface area contributed by atoms with Crippen molar-refractivity contribution in [1.29, 1.82) is 0 Å². The van der Waals surface area contributed by atoms with Crippen LogP contribution in [0.5, 0.6) is 5.75 Å². The molecule has 0 saturated heterocycles. The van der Waals surface area contributed by atoms with E-state index in [2.05, 4.69) is 33.0 Å². The molecule has 1 aromatic heterocycles. The lowest BCUT2D eigenvalue weighted by molar-refractivity contribution is 0.346. The van der Waals surface area contributed by atoms with Crippen molar-refractivity contribution in [2.45, 2.75) is 32.2 Å². The van der Waals surface area contributed by atoms with Gasteiger partial charge in [-0.2, -0.15) is 4.98 Å². The minimum atomic E-state index is -0.196. The van der Waals surface area contributed by atoms with E-state index in [1.165, 1.54) is 0 Å². The summed E-state index contributed by atoms with van der Waals surface area (Å²) in [6.07, 6.45) is 3.00. The second kappa shape index (κ2) is 6.85. The number of nitrogens with zero attached hydrogens (tertiary/aromatic N) is 2. The summed E-state index contributed by atoms with van der Waals surface area (Å²) >= 11 is 3.44. The zero-order chi connectivity index (χ0) is 14.5. The summed E-state index contributed by atoms with van der Waals surface area (Å²) in [5.41, 5.74) is 6.88. The Hall–Kier alpha value is -1.40. The fourth-order valence-electron chi connectivity index (χ4n) is 1.86. The third-order valence-electron chi connectivity index (χ3n) is 3.04. The number of ether oxygens (including phenoxy) is 1. The molecule has 0 spiro atoms. The standard InChI is InChI=1S/C14H18BrN3O2/c1-3-4-5-11(16)14-17-13(18-20-14)9-6-7-12(19-2)10(15)8-9/h6-8,11H,3-5,16H2,1-2H3/t11-/m0/s1. The summed E-state index contributed by atoms with van der Waals surface area (Å²) in [4.78, 5) is 4.37. The monoisotopic (exact) mass is 339 g/mol. The van der Waals surface area contributed by atoms with Crippen LogP contribution in [-0.4, -0.2) is 17.3 Å². The van der Waals surface area contributed by atoms with Gasteiger partial charge in [-0.25, -0.2) is 0 Å². The lowest BCUT2D eigenvalue weighted by atomic mass is 10.1. The van der Waals surface area contributed by atoms with Gasteiger partial charge in [0.05, 0.1) is 17.6 Å². The fourth-order valence-corrected chi connectivity index (χ4v) is 2.40. The van der Waals surface area contributed by atoms with Crippen LogP contribution >= 0.6 is 15.9 Å². The van der Waals surface area contributed by atoms with Gasteiger partial charge >= 0.3 is 0 Å². The first-order chi connectivity index (χ1) is 9.65. The van der Waals surface area contributed by atoms with E-state index in [1.807, 2.05) is 18.2 Å². The first-order valence-corrected chi connectivity index (χ1v) is 7.38. The van der Waals surface area contributed by atoms with Crippen LogP contribution in [0.15, 0.2) is 27.2 Å². The Morgan fingerprint density at radius 3 is 2.90 bits per heavy atom. The number of hydrogen-bond acceptors (Lipinski definition) is 5. The molecule has 2 N–H and O–H groups in total. The van der Waals surface area contributed by atoms with Crippen LogP contribution in [0.2, 0.25) is 0 Å². The van der Waals surface area contributed by atoms with Crippen molar-refractivity contribution >= 4 is 15.9 Å². The Balaban J connectivity index is 2.18. The van der Waals surface area contributed by atoms with Crippen molar-refractivity contribution in [3.63, 3.8) is 0 Å². The van der Waals surface area contributed by atoms with E-state index in [0.717, 1.165) is 35.0 Å². The number of benzene rings is 1. The molecule has 1 atom stereocenters. The van der Waals surface area contributed by atoms with Crippen LogP contribution < -0.4 is 10.5 Å². The lowest BCUT2D eigenvalue weighted by Crippen LogP contribution is -2.10. The molecule has 2 aromatic rings. The van der Waals surface area contributed by atoms with Gasteiger partial charge in [0.2, 0.25) is 11.7 Å². The zero-order valence-corrected chi connectivity index (χ0v) is 13.2. The van der Waals surface area contributed by atoms with Gasteiger partial charge in [-0.05, 0) is 40.5 Å². The Bertz CT molecular complexity index is 571. The van der Waals surface area contributed by atoms with Crippen molar-refractivity contribution in [1.82, 2.24) is 10.1 Å². The molecular formula is C14H18BrN3O2. The highest BCUT2D eigenvalue weighted by atomic mass is 79.9. The predicted octanol–water partition coefficient (Wildman–Crippen LogP) is 3.70. The number of unbranched alkanes of at least 4 members (excludes halogenated alkanes) is 1. The van der Waals surface area contributed by atoms with Crippen LogP contribution in [0.4, 0.5) is 0 Å². The lowest BCUT2D eigenvalue weighted by Gasteiger charge is -2.04. The Labute approximate surface area is 126 Å². The summed E-state index contributed by atoms with van der Waals surface area (Å²) in [7, 11) is 1.62. The minimum Gasteiger partial charge on any atom is -0.496 e. The maximum absolute atomic E-state index is 6.02. The van der Waals surface area contributed by atoms with E-state index >= 15 is 0 Å². The van der Waals surface area contributed by atoms with E-state index in [1.54, 1.807) is 7.11 Å². The smallest absolute Gasteiger partial charge is 0.243 e. The summed E-state index contributed by atoms with van der Waals surface area (Å²) in [5.74, 6) is 1.79. The fraction of sp³-hybridized carbons (Fsp3) is 0.429. The molecule has 0 fully saturated rings. The number of methoxy groups -OCH3 is 1. The Morgan fingerprint density at radius 2 is 2.25 bits per heavy atom.